The smallest absolute Gasteiger partial charge is 0.411 e. The predicted octanol–water partition coefficient (Wildman–Crippen LogP) is 3.13. The Labute approximate surface area is 128 Å². The van der Waals surface area contributed by atoms with Gasteiger partial charge in [-0.3, -0.25) is 5.32 Å². The highest BCUT2D eigenvalue weighted by atomic mass is 32.2. The highest BCUT2D eigenvalue weighted by Gasteiger charge is 2.15. The third-order valence-corrected chi connectivity index (χ3v) is 4.78. The largest absolute Gasteiger partial charge is 0.465 e. The topological polar surface area (TPSA) is 95.1 Å². The molecule has 3 N–H and O–H groups in total. The summed E-state index contributed by atoms with van der Waals surface area (Å²) in [5.41, 5.74) is 2.05. The van der Waals surface area contributed by atoms with Gasteiger partial charge in [0.05, 0.1) is 21.8 Å². The average molecular weight is 315 g/mol. The molecule has 2 aromatic carbocycles. The summed E-state index contributed by atoms with van der Waals surface area (Å²) in [6, 6.07) is 12.7. The number of nitrogens with one attached hydrogen (secondary N) is 2. The van der Waals surface area contributed by atoms with Gasteiger partial charge in [-0.05, 0) is 36.8 Å². The molecule has 0 aliphatic carbocycles. The Morgan fingerprint density at radius 1 is 1.23 bits per heavy atom. The van der Waals surface area contributed by atoms with E-state index in [0.717, 1.165) is 5.56 Å². The van der Waals surface area contributed by atoms with E-state index in [2.05, 4.69) is 15.3 Å². The van der Waals surface area contributed by atoms with Crippen molar-refractivity contribution in [2.75, 3.05) is 5.32 Å². The number of benzene rings is 2. The number of hydrogen-bond donors (Lipinski definition) is 3. The van der Waals surface area contributed by atoms with Gasteiger partial charge in [-0.15, -0.1) is 0 Å². The van der Waals surface area contributed by atoms with E-state index in [9.17, 15) is 9.00 Å². The summed E-state index contributed by atoms with van der Waals surface area (Å²) in [6.07, 6.45) is -1.19. The van der Waals surface area contributed by atoms with Gasteiger partial charge in [-0.25, -0.2) is 14.0 Å². The molecule has 1 unspecified atom stereocenters. The van der Waals surface area contributed by atoms with Gasteiger partial charge in [0.25, 0.3) is 0 Å². The lowest BCUT2D eigenvalue weighted by molar-refractivity contribution is 0.209. The van der Waals surface area contributed by atoms with E-state index in [1.807, 2.05) is 37.3 Å². The van der Waals surface area contributed by atoms with Crippen molar-refractivity contribution in [3.63, 3.8) is 0 Å². The molecular formula is C15H13N3O3S. The monoisotopic (exact) mass is 315 g/mol. The van der Waals surface area contributed by atoms with Gasteiger partial charge in [0.1, 0.15) is 0 Å². The predicted molar refractivity (Wildman–Crippen MR) is 83.6 cm³/mol. The van der Waals surface area contributed by atoms with Crippen LogP contribution in [0.4, 0.5) is 10.7 Å². The van der Waals surface area contributed by atoms with Gasteiger partial charge in [-0.1, -0.05) is 18.2 Å². The number of H-pyrrole nitrogens is 1. The van der Waals surface area contributed by atoms with E-state index in [0.29, 0.717) is 20.8 Å². The molecule has 1 heterocycles. The van der Waals surface area contributed by atoms with Crippen LogP contribution in [-0.2, 0) is 10.8 Å². The molecule has 22 heavy (non-hydrogen) atoms. The first kappa shape index (κ1) is 14.3. The number of carbonyl (C=O) groups is 1. The second-order valence-electron chi connectivity index (χ2n) is 4.68. The van der Waals surface area contributed by atoms with Crippen LogP contribution in [0.3, 0.4) is 0 Å². The number of anilines is 1. The number of hydrogen-bond acceptors (Lipinski definition) is 3. The zero-order valence-corrected chi connectivity index (χ0v) is 12.5. The lowest BCUT2D eigenvalue weighted by Gasteiger charge is -2.06. The van der Waals surface area contributed by atoms with Gasteiger partial charge in [-0.2, -0.15) is 0 Å². The van der Waals surface area contributed by atoms with Gasteiger partial charge in [0, 0.05) is 9.79 Å². The number of amides is 1. The average Bonchev–Trinajstić information content (AvgIpc) is 2.90. The number of aromatic nitrogens is 2. The summed E-state index contributed by atoms with van der Waals surface area (Å²) in [4.78, 5) is 19.1. The number of nitrogens with zero attached hydrogens (tertiary/aromatic N) is 1. The zero-order chi connectivity index (χ0) is 15.7. The Hall–Kier alpha value is -2.67. The van der Waals surface area contributed by atoms with Crippen molar-refractivity contribution in [1.82, 2.24) is 9.97 Å². The third kappa shape index (κ3) is 2.58. The molecule has 112 valence electrons. The molecule has 0 aliphatic heterocycles. The Kier molecular flexibility index (Phi) is 3.64. The molecule has 0 bridgehead atoms. The molecular weight excluding hydrogens is 302 g/mol. The van der Waals surface area contributed by atoms with Crippen molar-refractivity contribution in [1.29, 1.82) is 0 Å². The number of rotatable bonds is 3. The summed E-state index contributed by atoms with van der Waals surface area (Å²) in [5.74, 6) is 0.147. The minimum atomic E-state index is -1.31. The zero-order valence-electron chi connectivity index (χ0n) is 11.7. The maximum Gasteiger partial charge on any atom is 0.411 e. The van der Waals surface area contributed by atoms with Crippen molar-refractivity contribution < 1.29 is 14.1 Å². The van der Waals surface area contributed by atoms with Gasteiger partial charge in [0.2, 0.25) is 5.95 Å². The number of carboxylic acid groups (broad SMARTS) is 1. The van der Waals surface area contributed by atoms with E-state index in [1.165, 1.54) is 0 Å². The number of aromatic amines is 1. The third-order valence-electron chi connectivity index (χ3n) is 3.24. The first-order valence-corrected chi connectivity index (χ1v) is 7.67. The van der Waals surface area contributed by atoms with Gasteiger partial charge in [0.15, 0.2) is 0 Å². The van der Waals surface area contributed by atoms with E-state index in [-0.39, 0.29) is 5.95 Å². The van der Waals surface area contributed by atoms with Crippen LogP contribution in [0.15, 0.2) is 52.3 Å². The summed E-state index contributed by atoms with van der Waals surface area (Å²) in [6.45, 7) is 1.82. The maximum atomic E-state index is 12.7. The molecule has 1 amide bonds. The Morgan fingerprint density at radius 3 is 2.64 bits per heavy atom. The SMILES string of the molecule is Cc1c(S(=O)c2ccccc2)ccc2[nH]c(NC(=O)O)nc12. The van der Waals surface area contributed by atoms with Crippen LogP contribution in [0.1, 0.15) is 5.56 Å². The fourth-order valence-corrected chi connectivity index (χ4v) is 3.45. The lowest BCUT2D eigenvalue weighted by Crippen LogP contribution is -2.08. The van der Waals surface area contributed by atoms with Gasteiger partial charge >= 0.3 is 6.09 Å². The van der Waals surface area contributed by atoms with Crippen LogP contribution in [0.5, 0.6) is 0 Å². The fourth-order valence-electron chi connectivity index (χ4n) is 2.23. The Morgan fingerprint density at radius 2 is 1.95 bits per heavy atom. The molecule has 3 rings (SSSR count). The van der Waals surface area contributed by atoms with Crippen LogP contribution in [-0.4, -0.2) is 25.4 Å². The lowest BCUT2D eigenvalue weighted by atomic mass is 10.2. The molecule has 6 nitrogen and oxygen atoms in total. The van der Waals surface area contributed by atoms with Crippen LogP contribution in [0.2, 0.25) is 0 Å². The molecule has 3 aromatic rings. The Balaban J connectivity index is 2.06. The molecule has 1 aromatic heterocycles. The summed E-state index contributed by atoms with van der Waals surface area (Å²) < 4.78 is 12.7. The highest BCUT2D eigenvalue weighted by Crippen LogP contribution is 2.26. The minimum Gasteiger partial charge on any atom is -0.465 e. The molecule has 0 saturated carbocycles. The quantitative estimate of drug-likeness (QED) is 0.692. The molecule has 0 radical (unpaired) electrons. The molecule has 7 heteroatoms. The van der Waals surface area contributed by atoms with E-state index < -0.39 is 16.9 Å². The second-order valence-corrected chi connectivity index (χ2v) is 6.13. The molecule has 0 spiro atoms. The van der Waals surface area contributed by atoms with E-state index in [4.69, 9.17) is 5.11 Å². The first-order valence-electron chi connectivity index (χ1n) is 6.52. The standard InChI is InChI=1S/C15H13N3O3S/c1-9-12(22(21)10-5-3-2-4-6-10)8-7-11-13(9)17-14(16-11)18-15(19)20/h2-8H,1H3,(H,19,20)(H2,16,17,18). The number of fused-ring (bicyclic) bond motifs is 1. The maximum absolute atomic E-state index is 12.7. The summed E-state index contributed by atoms with van der Waals surface area (Å²) in [7, 11) is -1.31. The second kappa shape index (κ2) is 5.61. The summed E-state index contributed by atoms with van der Waals surface area (Å²) in [5, 5.41) is 10.9. The molecule has 0 saturated heterocycles. The van der Waals surface area contributed by atoms with Crippen LogP contribution < -0.4 is 5.32 Å². The van der Waals surface area contributed by atoms with Crippen molar-refractivity contribution in [3.8, 4) is 0 Å². The number of imidazole rings is 1. The van der Waals surface area contributed by atoms with Crippen molar-refractivity contribution >= 4 is 33.9 Å². The van der Waals surface area contributed by atoms with Gasteiger partial charge < -0.3 is 10.1 Å². The highest BCUT2D eigenvalue weighted by molar-refractivity contribution is 7.85. The molecule has 0 fully saturated rings. The van der Waals surface area contributed by atoms with Crippen LogP contribution in [0.25, 0.3) is 11.0 Å². The first-order chi connectivity index (χ1) is 10.6. The van der Waals surface area contributed by atoms with E-state index in [1.54, 1.807) is 12.1 Å². The summed E-state index contributed by atoms with van der Waals surface area (Å²) >= 11 is 0. The van der Waals surface area contributed by atoms with Crippen molar-refractivity contribution in [2.24, 2.45) is 0 Å². The van der Waals surface area contributed by atoms with Crippen LogP contribution >= 0.6 is 0 Å². The molecule has 0 aliphatic rings. The number of aryl methyl sites for hydroxylation is 1. The minimum absolute atomic E-state index is 0.147. The normalized spacial score (nSPS) is 12.2. The molecule has 1 atom stereocenters. The fraction of sp³-hybridized carbons (Fsp3) is 0.0667. The Bertz CT molecular complexity index is 874. The van der Waals surface area contributed by atoms with Crippen molar-refractivity contribution in [3.05, 3.63) is 48.0 Å². The van der Waals surface area contributed by atoms with E-state index >= 15 is 0 Å². The van der Waals surface area contributed by atoms with Crippen molar-refractivity contribution in [2.45, 2.75) is 16.7 Å². The van der Waals surface area contributed by atoms with Crippen LogP contribution in [0, 0.1) is 6.92 Å².